The molecule has 3 aromatic rings. The van der Waals surface area contributed by atoms with E-state index in [1.54, 1.807) is 48.0 Å². The zero-order valence-electron chi connectivity index (χ0n) is 13.9. The molecule has 26 heavy (non-hydrogen) atoms. The van der Waals surface area contributed by atoms with Gasteiger partial charge in [0.05, 0.1) is 24.0 Å². The van der Waals surface area contributed by atoms with Gasteiger partial charge in [0.1, 0.15) is 6.61 Å². The maximum absolute atomic E-state index is 12.3. The average molecular weight is 390 g/mol. The first-order valence-electron chi connectivity index (χ1n) is 7.65. The van der Waals surface area contributed by atoms with Crippen LogP contribution in [0, 0.1) is 0 Å². The van der Waals surface area contributed by atoms with Crippen LogP contribution in [0.5, 0.6) is 11.5 Å². The van der Waals surface area contributed by atoms with Crippen molar-refractivity contribution in [1.29, 1.82) is 0 Å². The van der Waals surface area contributed by atoms with E-state index in [-0.39, 0.29) is 5.91 Å². The zero-order chi connectivity index (χ0) is 18.4. The van der Waals surface area contributed by atoms with Crippen LogP contribution in [-0.4, -0.2) is 18.0 Å². The Hall–Kier alpha value is -2.77. The molecule has 6 nitrogen and oxygen atoms in total. The Morgan fingerprint density at radius 3 is 2.85 bits per heavy atom. The van der Waals surface area contributed by atoms with Crippen molar-refractivity contribution in [3.8, 4) is 11.5 Å². The molecule has 0 fully saturated rings. The van der Waals surface area contributed by atoms with Crippen LogP contribution in [0.15, 0.2) is 53.4 Å². The molecule has 0 aliphatic carbocycles. The second-order valence-electron chi connectivity index (χ2n) is 5.22. The highest BCUT2D eigenvalue weighted by Gasteiger charge is 2.12. The number of nitrogens with one attached hydrogen (secondary N) is 2. The number of anilines is 1. The summed E-state index contributed by atoms with van der Waals surface area (Å²) in [7, 11) is 1.52. The zero-order valence-corrected chi connectivity index (χ0v) is 15.4. The summed E-state index contributed by atoms with van der Waals surface area (Å²) in [6, 6.07) is 12.0. The van der Waals surface area contributed by atoms with Gasteiger partial charge in [-0.15, -0.1) is 11.3 Å². The van der Waals surface area contributed by atoms with Crippen LogP contribution in [0.3, 0.4) is 0 Å². The van der Waals surface area contributed by atoms with Crippen molar-refractivity contribution in [3.05, 3.63) is 69.6 Å². The fraction of sp³-hybridized carbons (Fsp3) is 0.111. The minimum atomic E-state index is -0.311. The topological polar surface area (TPSA) is 72.5 Å². The summed E-state index contributed by atoms with van der Waals surface area (Å²) >= 11 is 7.42. The number of rotatable bonds is 7. The highest BCUT2D eigenvalue weighted by atomic mass is 35.5. The summed E-state index contributed by atoms with van der Waals surface area (Å²) in [5, 5.41) is 2.49. The molecular weight excluding hydrogens is 374 g/mol. The third-order valence-electron chi connectivity index (χ3n) is 3.43. The Balaban J connectivity index is 1.64. The molecule has 3 rings (SSSR count). The minimum Gasteiger partial charge on any atom is -0.493 e. The number of carbonyl (C=O) groups is 1. The number of thiazole rings is 1. The standard InChI is InChI=1S/C18H16ClN3O3S/c1-24-17-7-12(5-6-16(17)25-9-15-10-26-11-20-15)18(23)22-21-14-4-2-3-13(19)8-14/h2-8,10-11,21H,9H2,1H3,(H,22,23). The molecule has 0 saturated carbocycles. The second kappa shape index (κ2) is 8.55. The summed E-state index contributed by atoms with van der Waals surface area (Å²) < 4.78 is 11.0. The number of ether oxygens (including phenoxy) is 2. The first-order chi connectivity index (χ1) is 12.7. The number of amides is 1. The molecule has 1 aromatic heterocycles. The Labute approximate surface area is 159 Å². The van der Waals surface area contributed by atoms with E-state index in [2.05, 4.69) is 15.8 Å². The number of benzene rings is 2. The third-order valence-corrected chi connectivity index (χ3v) is 4.30. The largest absolute Gasteiger partial charge is 0.493 e. The van der Waals surface area contributed by atoms with Gasteiger partial charge in [0.2, 0.25) is 0 Å². The van der Waals surface area contributed by atoms with Gasteiger partial charge in [0.25, 0.3) is 5.91 Å². The summed E-state index contributed by atoms with van der Waals surface area (Å²) in [5.74, 6) is 0.699. The van der Waals surface area contributed by atoms with Crippen LogP contribution in [0.25, 0.3) is 0 Å². The highest BCUT2D eigenvalue weighted by molar-refractivity contribution is 7.07. The molecule has 0 saturated heterocycles. The summed E-state index contributed by atoms with van der Waals surface area (Å²) in [6.07, 6.45) is 0. The maximum Gasteiger partial charge on any atom is 0.269 e. The number of hydrogen-bond acceptors (Lipinski definition) is 6. The van der Waals surface area contributed by atoms with E-state index in [1.807, 2.05) is 5.38 Å². The fourth-order valence-corrected chi connectivity index (χ4v) is 2.89. The lowest BCUT2D eigenvalue weighted by Crippen LogP contribution is -2.29. The molecule has 0 bridgehead atoms. The molecule has 0 unspecified atom stereocenters. The highest BCUT2D eigenvalue weighted by Crippen LogP contribution is 2.29. The first kappa shape index (κ1) is 18.0. The van der Waals surface area contributed by atoms with Gasteiger partial charge in [-0.2, -0.15) is 0 Å². The molecule has 2 aromatic carbocycles. The smallest absolute Gasteiger partial charge is 0.269 e. The number of nitrogens with zero attached hydrogens (tertiary/aromatic N) is 1. The summed E-state index contributed by atoms with van der Waals surface area (Å²) in [6.45, 7) is 0.335. The van der Waals surface area contributed by atoms with Gasteiger partial charge < -0.3 is 9.47 Å². The van der Waals surface area contributed by atoms with E-state index in [0.29, 0.717) is 34.4 Å². The predicted molar refractivity (Wildman–Crippen MR) is 102 cm³/mol. The third kappa shape index (κ3) is 4.65. The SMILES string of the molecule is COc1cc(C(=O)NNc2cccc(Cl)c2)ccc1OCc1cscn1. The Bertz CT molecular complexity index is 887. The number of aromatic nitrogens is 1. The van der Waals surface area contributed by atoms with E-state index >= 15 is 0 Å². The van der Waals surface area contributed by atoms with Crippen molar-refractivity contribution in [1.82, 2.24) is 10.4 Å². The number of hydrazine groups is 1. The monoisotopic (exact) mass is 389 g/mol. The van der Waals surface area contributed by atoms with E-state index in [4.69, 9.17) is 21.1 Å². The molecule has 2 N–H and O–H groups in total. The molecule has 134 valence electrons. The van der Waals surface area contributed by atoms with Crippen LogP contribution in [0.1, 0.15) is 16.1 Å². The van der Waals surface area contributed by atoms with Crippen LogP contribution >= 0.6 is 22.9 Å². The van der Waals surface area contributed by atoms with Crippen molar-refractivity contribution in [3.63, 3.8) is 0 Å². The lowest BCUT2D eigenvalue weighted by molar-refractivity contribution is 0.0962. The van der Waals surface area contributed by atoms with Gasteiger partial charge in [-0.05, 0) is 36.4 Å². The van der Waals surface area contributed by atoms with Crippen LogP contribution in [-0.2, 0) is 6.61 Å². The molecule has 1 heterocycles. The molecule has 0 atom stereocenters. The normalized spacial score (nSPS) is 10.2. The summed E-state index contributed by atoms with van der Waals surface area (Å²) in [4.78, 5) is 16.5. The van der Waals surface area contributed by atoms with Gasteiger partial charge in [0.15, 0.2) is 11.5 Å². The predicted octanol–water partition coefficient (Wildman–Crippen LogP) is 4.14. The number of hydrogen-bond donors (Lipinski definition) is 2. The lowest BCUT2D eigenvalue weighted by Gasteiger charge is -2.12. The average Bonchev–Trinajstić information content (AvgIpc) is 3.18. The van der Waals surface area contributed by atoms with E-state index in [1.165, 1.54) is 18.4 Å². The fourth-order valence-electron chi connectivity index (χ4n) is 2.16. The first-order valence-corrected chi connectivity index (χ1v) is 8.97. The van der Waals surface area contributed by atoms with Crippen LogP contribution in [0.2, 0.25) is 5.02 Å². The molecule has 0 radical (unpaired) electrons. The maximum atomic E-state index is 12.3. The number of carbonyl (C=O) groups excluding carboxylic acids is 1. The van der Waals surface area contributed by atoms with E-state index in [0.717, 1.165) is 5.69 Å². The molecule has 0 aliphatic heterocycles. The molecule has 8 heteroatoms. The molecule has 1 amide bonds. The number of halogens is 1. The van der Waals surface area contributed by atoms with Crippen molar-refractivity contribution < 1.29 is 14.3 Å². The summed E-state index contributed by atoms with van der Waals surface area (Å²) in [5.41, 5.74) is 9.12. The van der Waals surface area contributed by atoms with Crippen molar-refractivity contribution in [2.45, 2.75) is 6.61 Å². The van der Waals surface area contributed by atoms with Gasteiger partial charge >= 0.3 is 0 Å². The van der Waals surface area contributed by atoms with E-state index in [9.17, 15) is 4.79 Å². The quantitative estimate of drug-likeness (QED) is 0.594. The van der Waals surface area contributed by atoms with Gasteiger partial charge in [-0.25, -0.2) is 4.98 Å². The lowest BCUT2D eigenvalue weighted by atomic mass is 10.2. The second-order valence-corrected chi connectivity index (χ2v) is 6.38. The van der Waals surface area contributed by atoms with Gasteiger partial charge in [-0.3, -0.25) is 15.6 Å². The van der Waals surface area contributed by atoms with Crippen LogP contribution < -0.4 is 20.3 Å². The van der Waals surface area contributed by atoms with Gasteiger partial charge in [0, 0.05) is 16.0 Å². The Morgan fingerprint density at radius 1 is 1.23 bits per heavy atom. The molecule has 0 aliphatic rings. The van der Waals surface area contributed by atoms with E-state index < -0.39 is 0 Å². The molecular formula is C18H16ClN3O3S. The minimum absolute atomic E-state index is 0.311. The van der Waals surface area contributed by atoms with Crippen molar-refractivity contribution in [2.24, 2.45) is 0 Å². The number of methoxy groups -OCH3 is 1. The van der Waals surface area contributed by atoms with Crippen molar-refractivity contribution >= 4 is 34.5 Å². The van der Waals surface area contributed by atoms with Gasteiger partial charge in [-0.1, -0.05) is 17.7 Å². The Morgan fingerprint density at radius 2 is 2.12 bits per heavy atom. The van der Waals surface area contributed by atoms with Crippen molar-refractivity contribution in [2.75, 3.05) is 12.5 Å². The molecule has 0 spiro atoms. The Kier molecular flexibility index (Phi) is 5.93. The van der Waals surface area contributed by atoms with Crippen LogP contribution in [0.4, 0.5) is 5.69 Å².